The van der Waals surface area contributed by atoms with E-state index in [-0.39, 0.29) is 12.5 Å². The molecule has 0 aliphatic heterocycles. The van der Waals surface area contributed by atoms with E-state index in [1.165, 1.54) is 0 Å². The number of carboxylic acids is 1. The predicted molar refractivity (Wildman–Crippen MR) is 232 cm³/mol. The van der Waals surface area contributed by atoms with E-state index < -0.39 is 52.1 Å². The molecule has 0 heterocycles. The number of carboxylic acid groups (broad SMARTS) is 1. The highest BCUT2D eigenvalue weighted by Crippen LogP contribution is 2.45. The number of amides is 2. The van der Waals surface area contributed by atoms with E-state index in [1.807, 2.05) is 103 Å². The van der Waals surface area contributed by atoms with Gasteiger partial charge in [0.15, 0.2) is 0 Å². The van der Waals surface area contributed by atoms with Crippen molar-refractivity contribution < 1.29 is 24.2 Å². The fourth-order valence-corrected chi connectivity index (χ4v) is 8.02. The molecular formula is C48H48N2O5Si2. The molecule has 2 amide bonds. The van der Waals surface area contributed by atoms with Gasteiger partial charge in [-0.3, -0.25) is 4.79 Å². The summed E-state index contributed by atoms with van der Waals surface area (Å²) >= 11 is 0. The Hall–Kier alpha value is -6.14. The second kappa shape index (κ2) is 16.9. The van der Waals surface area contributed by atoms with Crippen LogP contribution in [0.4, 0.5) is 4.79 Å². The second-order valence-corrected chi connectivity index (χ2v) is 25.9. The summed E-state index contributed by atoms with van der Waals surface area (Å²) in [4.78, 5) is 40.1. The number of fused-ring (bicyclic) bond motifs is 3. The van der Waals surface area contributed by atoms with E-state index in [4.69, 9.17) is 4.74 Å². The maximum absolute atomic E-state index is 14.0. The molecule has 0 aromatic heterocycles. The van der Waals surface area contributed by atoms with Gasteiger partial charge in [-0.25, -0.2) is 9.59 Å². The first kappa shape index (κ1) is 40.5. The minimum Gasteiger partial charge on any atom is -0.480 e. The number of hydrogen-bond donors (Lipinski definition) is 3. The van der Waals surface area contributed by atoms with Gasteiger partial charge in [0.1, 0.15) is 34.3 Å². The molecule has 7 nitrogen and oxygen atoms in total. The molecule has 3 N–H and O–H groups in total. The summed E-state index contributed by atoms with van der Waals surface area (Å²) in [6, 6.07) is 39.3. The van der Waals surface area contributed by atoms with Gasteiger partial charge in [0.05, 0.1) is 6.42 Å². The van der Waals surface area contributed by atoms with Crippen LogP contribution in [0.3, 0.4) is 0 Å². The second-order valence-electron chi connectivity index (χ2n) is 16.4. The molecule has 0 bridgehead atoms. The Labute approximate surface area is 337 Å². The lowest BCUT2D eigenvalue weighted by molar-refractivity contribution is -0.141. The van der Waals surface area contributed by atoms with Gasteiger partial charge in [-0.05, 0) is 63.2 Å². The lowest BCUT2D eigenvalue weighted by Crippen LogP contribution is -2.51. The molecule has 0 saturated carbocycles. The molecule has 9 heteroatoms. The Balaban J connectivity index is 1.25. The topological polar surface area (TPSA) is 105 Å². The lowest BCUT2D eigenvalue weighted by Gasteiger charge is -2.37. The summed E-state index contributed by atoms with van der Waals surface area (Å²) in [6.07, 6.45) is -1.47. The van der Waals surface area contributed by atoms with Crippen LogP contribution in [0.25, 0.3) is 11.1 Å². The van der Waals surface area contributed by atoms with Gasteiger partial charge in [-0.2, -0.15) is 0 Å². The minimum atomic E-state index is -1.64. The average molecular weight is 789 g/mol. The standard InChI is InChI=1S/C48H48N2O5Si2/c1-56(2,3)28-26-34-22-24-39-40-25-23-35(27-29-57(4,5)6)31-42(40)43(41(39)30-34)33-55-47(54)49-44(46(52)53)32-45(51)50-48(36-16-10-7-11-17-36,37-18-12-8-13-19-37)38-20-14-9-15-21-38/h7-25,30-31,43-44H,32-33H2,1-6H3,(H,49,54)(H,50,51)(H,52,53)/t44-/m0/s1. The zero-order valence-corrected chi connectivity index (χ0v) is 35.3. The van der Waals surface area contributed by atoms with Crippen molar-refractivity contribution in [1.82, 2.24) is 10.6 Å². The maximum atomic E-state index is 14.0. The molecule has 288 valence electrons. The zero-order chi connectivity index (χ0) is 40.8. The van der Waals surface area contributed by atoms with Crippen LogP contribution in [0.15, 0.2) is 127 Å². The first-order valence-electron chi connectivity index (χ1n) is 19.1. The smallest absolute Gasteiger partial charge is 0.407 e. The molecule has 5 aromatic rings. The van der Waals surface area contributed by atoms with Gasteiger partial charge in [-0.1, -0.05) is 154 Å². The molecule has 0 fully saturated rings. The highest BCUT2D eigenvalue weighted by molar-refractivity contribution is 6.84. The molecule has 0 unspecified atom stereocenters. The SMILES string of the molecule is C[Si](C)(C)C#Cc1ccc2c(c1)C(COC(=O)N[C@@H](CC(=O)NC(c1ccccc1)(c1ccccc1)c1ccccc1)C(=O)O)c1cc(C#C[Si](C)(C)C)ccc1-2. The Morgan fingerprint density at radius 1 is 0.667 bits per heavy atom. The van der Waals surface area contributed by atoms with Crippen molar-refractivity contribution in [1.29, 1.82) is 0 Å². The van der Waals surface area contributed by atoms with Gasteiger partial charge in [0.2, 0.25) is 5.91 Å². The van der Waals surface area contributed by atoms with E-state index in [1.54, 1.807) is 0 Å². The summed E-state index contributed by atoms with van der Waals surface area (Å²) in [5.41, 5.74) is 13.9. The van der Waals surface area contributed by atoms with Crippen molar-refractivity contribution in [2.45, 2.75) is 63.2 Å². The third-order valence-corrected chi connectivity index (χ3v) is 11.4. The summed E-state index contributed by atoms with van der Waals surface area (Å²) in [6.45, 7) is 13.1. The molecule has 1 aliphatic rings. The summed E-state index contributed by atoms with van der Waals surface area (Å²) in [5.74, 6) is 4.43. The number of benzene rings is 5. The van der Waals surface area contributed by atoms with Crippen LogP contribution in [0, 0.1) is 22.9 Å². The lowest BCUT2D eigenvalue weighted by atomic mass is 9.77. The van der Waals surface area contributed by atoms with Crippen LogP contribution in [-0.4, -0.2) is 51.9 Å². The van der Waals surface area contributed by atoms with E-state index in [2.05, 4.69) is 97.1 Å². The quantitative estimate of drug-likeness (QED) is 0.0745. The van der Waals surface area contributed by atoms with Crippen molar-refractivity contribution in [2.75, 3.05) is 6.61 Å². The monoisotopic (exact) mass is 788 g/mol. The third-order valence-electron chi connectivity index (χ3n) is 9.62. The zero-order valence-electron chi connectivity index (χ0n) is 33.3. The van der Waals surface area contributed by atoms with Gasteiger partial charge in [0.25, 0.3) is 0 Å². The Bertz CT molecular complexity index is 2220. The van der Waals surface area contributed by atoms with E-state index in [0.717, 1.165) is 50.1 Å². The minimum absolute atomic E-state index is 0.0562. The Kier molecular flexibility index (Phi) is 12.0. The Morgan fingerprint density at radius 2 is 1.09 bits per heavy atom. The summed E-state index contributed by atoms with van der Waals surface area (Å²) in [5, 5.41) is 15.9. The number of hydrogen-bond acceptors (Lipinski definition) is 4. The maximum Gasteiger partial charge on any atom is 0.407 e. The number of aliphatic carboxylic acids is 1. The molecular weight excluding hydrogens is 741 g/mol. The van der Waals surface area contributed by atoms with Crippen LogP contribution < -0.4 is 10.6 Å². The number of ether oxygens (including phenoxy) is 1. The van der Waals surface area contributed by atoms with Crippen LogP contribution in [0.2, 0.25) is 39.3 Å². The van der Waals surface area contributed by atoms with Crippen LogP contribution in [0.1, 0.15) is 51.3 Å². The molecule has 0 spiro atoms. The van der Waals surface area contributed by atoms with Gasteiger partial charge < -0.3 is 20.5 Å². The number of nitrogens with one attached hydrogen (secondary N) is 2. The van der Waals surface area contributed by atoms with Crippen molar-refractivity contribution >= 4 is 34.1 Å². The summed E-state index contributed by atoms with van der Waals surface area (Å²) < 4.78 is 5.82. The van der Waals surface area contributed by atoms with Crippen LogP contribution >= 0.6 is 0 Å². The van der Waals surface area contributed by atoms with E-state index in [0.29, 0.717) is 0 Å². The molecule has 57 heavy (non-hydrogen) atoms. The molecule has 1 atom stereocenters. The fraction of sp³-hybridized carbons (Fsp3) is 0.229. The first-order chi connectivity index (χ1) is 27.1. The molecule has 0 radical (unpaired) electrons. The normalized spacial score (nSPS) is 12.7. The van der Waals surface area contributed by atoms with E-state index in [9.17, 15) is 19.5 Å². The average Bonchev–Trinajstić information content (AvgIpc) is 3.49. The van der Waals surface area contributed by atoms with Crippen molar-refractivity contribution in [2.24, 2.45) is 0 Å². The van der Waals surface area contributed by atoms with Gasteiger partial charge >= 0.3 is 12.1 Å². The largest absolute Gasteiger partial charge is 0.480 e. The molecule has 6 rings (SSSR count). The van der Waals surface area contributed by atoms with Gasteiger partial charge in [0, 0.05) is 17.0 Å². The first-order valence-corrected chi connectivity index (χ1v) is 26.1. The molecule has 5 aromatic carbocycles. The highest BCUT2D eigenvalue weighted by Gasteiger charge is 2.39. The number of rotatable bonds is 10. The number of alkyl carbamates (subject to hydrolysis) is 1. The highest BCUT2D eigenvalue weighted by atomic mass is 28.3. The number of carbonyl (C=O) groups is 3. The molecule has 0 saturated heterocycles. The van der Waals surface area contributed by atoms with Crippen LogP contribution in [0.5, 0.6) is 0 Å². The fourth-order valence-electron chi connectivity index (χ4n) is 6.98. The predicted octanol–water partition coefficient (Wildman–Crippen LogP) is 8.93. The van der Waals surface area contributed by atoms with Gasteiger partial charge in [-0.15, -0.1) is 11.1 Å². The van der Waals surface area contributed by atoms with Crippen molar-refractivity contribution in [3.05, 3.63) is 166 Å². The number of carbonyl (C=O) groups excluding carboxylic acids is 2. The third kappa shape index (κ3) is 9.82. The van der Waals surface area contributed by atoms with Crippen molar-refractivity contribution in [3.8, 4) is 34.1 Å². The van der Waals surface area contributed by atoms with Crippen molar-refractivity contribution in [3.63, 3.8) is 0 Å². The summed E-state index contributed by atoms with van der Waals surface area (Å²) in [7, 11) is -3.28. The Morgan fingerprint density at radius 3 is 1.47 bits per heavy atom. The van der Waals surface area contributed by atoms with E-state index >= 15 is 0 Å². The van der Waals surface area contributed by atoms with Crippen LogP contribution in [-0.2, 0) is 19.9 Å². The molecule has 1 aliphatic carbocycles.